The largest absolute Gasteiger partial charge is 0.449 e. The van der Waals surface area contributed by atoms with Crippen molar-refractivity contribution in [3.63, 3.8) is 0 Å². The maximum Gasteiger partial charge on any atom is 0.340 e. The van der Waals surface area contributed by atoms with Gasteiger partial charge in [-0.25, -0.2) is 13.2 Å². The van der Waals surface area contributed by atoms with Crippen molar-refractivity contribution in [3.05, 3.63) is 54.3 Å². The summed E-state index contributed by atoms with van der Waals surface area (Å²) in [7, 11) is -3.45. The van der Waals surface area contributed by atoms with Gasteiger partial charge in [-0.3, -0.25) is 4.98 Å². The number of hydrogen-bond acceptors (Lipinski definition) is 9. The van der Waals surface area contributed by atoms with E-state index in [1.54, 1.807) is 36.4 Å². The summed E-state index contributed by atoms with van der Waals surface area (Å²) in [6.45, 7) is 1.84. The van der Waals surface area contributed by atoms with Crippen molar-refractivity contribution in [2.75, 3.05) is 12.3 Å². The molecule has 0 aliphatic carbocycles. The second-order valence-corrected chi connectivity index (χ2v) is 7.85. The molecule has 2 aromatic rings. The number of carbonyl (C=O) groups excluding carboxylic acids is 1. The first-order chi connectivity index (χ1) is 13.4. The average molecular weight is 401 g/mol. The van der Waals surface area contributed by atoms with Crippen LogP contribution < -0.4 is 0 Å². The Morgan fingerprint density at radius 2 is 2.21 bits per heavy atom. The van der Waals surface area contributed by atoms with E-state index < -0.39 is 22.1 Å². The predicted octanol–water partition coefficient (Wildman–Crippen LogP) is 1.23. The minimum absolute atomic E-state index is 0.112. The summed E-state index contributed by atoms with van der Waals surface area (Å²) in [5.74, 6) is 0.0573. The van der Waals surface area contributed by atoms with Gasteiger partial charge in [-0.15, -0.1) is 4.40 Å². The van der Waals surface area contributed by atoms with Crippen molar-refractivity contribution in [1.82, 2.24) is 20.0 Å². The fraction of sp³-hybridized carbons (Fsp3) is 0.235. The van der Waals surface area contributed by atoms with Gasteiger partial charge in [-0.1, -0.05) is 5.16 Å². The quantitative estimate of drug-likeness (QED) is 0.695. The molecule has 4 rings (SSSR count). The van der Waals surface area contributed by atoms with E-state index in [4.69, 9.17) is 9.26 Å². The van der Waals surface area contributed by atoms with E-state index in [0.717, 1.165) is 0 Å². The van der Waals surface area contributed by atoms with Gasteiger partial charge in [0.1, 0.15) is 5.84 Å². The zero-order chi connectivity index (χ0) is 19.7. The zero-order valence-corrected chi connectivity index (χ0v) is 15.5. The number of hydrogen-bond donors (Lipinski definition) is 0. The highest BCUT2D eigenvalue weighted by Crippen LogP contribution is 2.22. The standard InChI is InChI=1S/C17H15N5O5S/c1-11(16-19-15(20-27-16)12-3-2-6-18-9-12)26-17(23)13-4-5-14-21-28(24,25)8-7-22(14)10-13/h2-6,9-11H,7-8H2,1H3. The molecule has 0 radical (unpaired) electrons. The number of ether oxygens (including phenoxy) is 1. The van der Waals surface area contributed by atoms with Crippen LogP contribution in [0.2, 0.25) is 0 Å². The summed E-state index contributed by atoms with van der Waals surface area (Å²) >= 11 is 0. The van der Waals surface area contributed by atoms with Crippen LogP contribution in [-0.4, -0.2) is 52.5 Å². The van der Waals surface area contributed by atoms with Crippen molar-refractivity contribution < 1.29 is 22.5 Å². The van der Waals surface area contributed by atoms with Gasteiger partial charge in [0.15, 0.2) is 6.10 Å². The maximum absolute atomic E-state index is 12.4. The molecule has 0 N–H and O–H groups in total. The van der Waals surface area contributed by atoms with Crippen LogP contribution >= 0.6 is 0 Å². The monoisotopic (exact) mass is 401 g/mol. The zero-order valence-electron chi connectivity index (χ0n) is 14.7. The van der Waals surface area contributed by atoms with Crippen LogP contribution in [0.25, 0.3) is 11.4 Å². The van der Waals surface area contributed by atoms with Crippen molar-refractivity contribution in [1.29, 1.82) is 0 Å². The molecule has 28 heavy (non-hydrogen) atoms. The molecule has 10 nitrogen and oxygen atoms in total. The van der Waals surface area contributed by atoms with Crippen LogP contribution in [0.5, 0.6) is 0 Å². The number of nitrogens with zero attached hydrogens (tertiary/aromatic N) is 5. The molecule has 2 aliphatic heterocycles. The second kappa shape index (κ2) is 7.00. The van der Waals surface area contributed by atoms with Crippen molar-refractivity contribution in [2.45, 2.75) is 13.0 Å². The molecule has 11 heteroatoms. The Morgan fingerprint density at radius 1 is 1.36 bits per heavy atom. The molecular weight excluding hydrogens is 386 g/mol. The maximum atomic E-state index is 12.4. The Bertz CT molecular complexity index is 1100. The molecule has 0 saturated carbocycles. The smallest absolute Gasteiger partial charge is 0.340 e. The van der Waals surface area contributed by atoms with E-state index in [1.165, 1.54) is 18.4 Å². The lowest BCUT2D eigenvalue weighted by molar-refractivity contribution is -0.144. The number of fused-ring (bicyclic) bond motifs is 1. The average Bonchev–Trinajstić information content (AvgIpc) is 3.18. The van der Waals surface area contributed by atoms with Crippen molar-refractivity contribution in [3.8, 4) is 11.4 Å². The van der Waals surface area contributed by atoms with Gasteiger partial charge in [-0.2, -0.15) is 4.98 Å². The number of pyridine rings is 1. The minimum atomic E-state index is -3.45. The molecule has 0 bridgehead atoms. The summed E-state index contributed by atoms with van der Waals surface area (Å²) in [6.07, 6.45) is 6.90. The third-order valence-electron chi connectivity index (χ3n) is 4.05. The van der Waals surface area contributed by atoms with Crippen LogP contribution in [0.15, 0.2) is 57.4 Å². The molecule has 0 spiro atoms. The number of sulfonamides is 1. The Labute approximate surface area is 160 Å². The van der Waals surface area contributed by atoms with Crippen LogP contribution in [0, 0.1) is 0 Å². The lowest BCUT2D eigenvalue weighted by Gasteiger charge is -2.26. The first-order valence-electron chi connectivity index (χ1n) is 8.35. The normalized spacial score (nSPS) is 18.7. The predicted molar refractivity (Wildman–Crippen MR) is 97.2 cm³/mol. The topological polar surface area (TPSA) is 128 Å². The van der Waals surface area contributed by atoms with Gasteiger partial charge in [0, 0.05) is 30.7 Å². The summed E-state index contributed by atoms with van der Waals surface area (Å²) in [5.41, 5.74) is 0.943. The van der Waals surface area contributed by atoms with Gasteiger partial charge in [0.2, 0.25) is 5.82 Å². The lowest BCUT2D eigenvalue weighted by Crippen LogP contribution is -2.37. The third-order valence-corrected chi connectivity index (χ3v) is 5.22. The molecule has 0 aromatic carbocycles. The minimum Gasteiger partial charge on any atom is -0.449 e. The number of carbonyl (C=O) groups is 1. The molecule has 144 valence electrons. The second-order valence-electron chi connectivity index (χ2n) is 6.09. The molecule has 2 aliphatic rings. The SMILES string of the molecule is CC(OC(=O)C1=CN2CCS(=O)(=O)N=C2C=C1)c1nc(-c2cccnc2)no1. The van der Waals surface area contributed by atoms with Gasteiger partial charge in [0.25, 0.3) is 15.9 Å². The molecule has 0 saturated heterocycles. The summed E-state index contributed by atoms with van der Waals surface area (Å²) in [5, 5.41) is 3.87. The van der Waals surface area contributed by atoms with Crippen LogP contribution in [0.1, 0.15) is 18.9 Å². The van der Waals surface area contributed by atoms with Gasteiger partial charge >= 0.3 is 5.97 Å². The van der Waals surface area contributed by atoms with Crippen molar-refractivity contribution >= 4 is 21.8 Å². The highest BCUT2D eigenvalue weighted by molar-refractivity contribution is 7.90. The van der Waals surface area contributed by atoms with E-state index in [1.807, 2.05) is 0 Å². The van der Waals surface area contributed by atoms with E-state index in [-0.39, 0.29) is 29.6 Å². The Kier molecular flexibility index (Phi) is 4.51. The van der Waals surface area contributed by atoms with E-state index in [2.05, 4.69) is 19.5 Å². The summed E-state index contributed by atoms with van der Waals surface area (Å²) in [6, 6.07) is 3.54. The van der Waals surface area contributed by atoms with Crippen LogP contribution in [0.3, 0.4) is 0 Å². The number of esters is 1. The summed E-state index contributed by atoms with van der Waals surface area (Å²) in [4.78, 5) is 22.3. The molecule has 4 heterocycles. The van der Waals surface area contributed by atoms with E-state index >= 15 is 0 Å². The Morgan fingerprint density at radius 3 is 3.00 bits per heavy atom. The fourth-order valence-electron chi connectivity index (χ4n) is 2.61. The number of amidine groups is 1. The molecule has 1 unspecified atom stereocenters. The molecule has 2 aromatic heterocycles. The van der Waals surface area contributed by atoms with Gasteiger partial charge in [-0.05, 0) is 31.2 Å². The highest BCUT2D eigenvalue weighted by Gasteiger charge is 2.27. The molecule has 0 fully saturated rings. The molecular formula is C17H15N5O5S. The highest BCUT2D eigenvalue weighted by atomic mass is 32.2. The number of aromatic nitrogens is 3. The number of rotatable bonds is 4. The first-order valence-corrected chi connectivity index (χ1v) is 9.96. The lowest BCUT2D eigenvalue weighted by atomic mass is 10.2. The van der Waals surface area contributed by atoms with Gasteiger partial charge in [0.05, 0.1) is 11.3 Å². The molecule has 1 atom stereocenters. The van der Waals surface area contributed by atoms with Gasteiger partial charge < -0.3 is 14.2 Å². The van der Waals surface area contributed by atoms with E-state index in [0.29, 0.717) is 11.4 Å². The summed E-state index contributed by atoms with van der Waals surface area (Å²) < 4.78 is 37.3. The van der Waals surface area contributed by atoms with Crippen LogP contribution in [0.4, 0.5) is 0 Å². The van der Waals surface area contributed by atoms with Crippen molar-refractivity contribution in [2.24, 2.45) is 4.40 Å². The molecule has 0 amide bonds. The van der Waals surface area contributed by atoms with Crippen LogP contribution in [-0.2, 0) is 19.6 Å². The fourth-order valence-corrected chi connectivity index (χ4v) is 3.58. The first kappa shape index (κ1) is 18.0. The Balaban J connectivity index is 1.45. The third kappa shape index (κ3) is 3.69. The Hall–Kier alpha value is -3.34. The van der Waals surface area contributed by atoms with E-state index in [9.17, 15) is 13.2 Å².